The largest absolute Gasteiger partial charge is 0.394 e. The summed E-state index contributed by atoms with van der Waals surface area (Å²) in [7, 11) is 0.437. The number of hydrogen-bond acceptors (Lipinski definition) is 5. The summed E-state index contributed by atoms with van der Waals surface area (Å²) in [5.41, 5.74) is 1.02. The van der Waals surface area contributed by atoms with E-state index < -0.39 is 10.0 Å². The predicted molar refractivity (Wildman–Crippen MR) is 81.8 cm³/mol. The molecule has 7 nitrogen and oxygen atoms in total. The zero-order valence-corrected chi connectivity index (χ0v) is 14.1. The third kappa shape index (κ3) is 5.06. The van der Waals surface area contributed by atoms with Gasteiger partial charge in [0.05, 0.1) is 24.5 Å². The molecule has 0 saturated carbocycles. The maximum absolute atomic E-state index is 12.4. The van der Waals surface area contributed by atoms with Gasteiger partial charge in [-0.3, -0.25) is 4.68 Å². The highest BCUT2D eigenvalue weighted by Gasteiger charge is 2.23. The van der Waals surface area contributed by atoms with Gasteiger partial charge in [-0.15, -0.1) is 0 Å². The Morgan fingerprint density at radius 2 is 1.95 bits per heavy atom. The summed E-state index contributed by atoms with van der Waals surface area (Å²) in [6.07, 6.45) is 1.73. The minimum atomic E-state index is -3.55. The minimum absolute atomic E-state index is 0.0700. The molecule has 21 heavy (non-hydrogen) atoms. The monoisotopic (exact) mass is 318 g/mol. The lowest BCUT2D eigenvalue weighted by Crippen LogP contribution is -2.26. The molecule has 122 valence electrons. The lowest BCUT2D eigenvalue weighted by Gasteiger charge is -2.10. The average molecular weight is 318 g/mol. The number of sulfonamides is 1. The highest BCUT2D eigenvalue weighted by Crippen LogP contribution is 2.19. The Hall–Kier alpha value is -0.960. The molecule has 0 saturated heterocycles. The Balaban J connectivity index is 2.70. The molecule has 0 radical (unpaired) electrons. The Labute approximate surface area is 127 Å². The molecular formula is C13H26N4O3S. The van der Waals surface area contributed by atoms with Crippen molar-refractivity contribution in [2.45, 2.75) is 38.1 Å². The summed E-state index contributed by atoms with van der Waals surface area (Å²) in [6.45, 7) is 4.95. The van der Waals surface area contributed by atoms with Gasteiger partial charge in [-0.05, 0) is 47.3 Å². The number of aliphatic hydroxyl groups is 1. The lowest BCUT2D eigenvalue weighted by atomic mass is 10.3. The SMILES string of the molecule is Cc1nn(CCO)c(C)c1S(=O)(=O)NCCCCN(C)C. The van der Waals surface area contributed by atoms with E-state index in [2.05, 4.69) is 14.7 Å². The van der Waals surface area contributed by atoms with Crippen molar-refractivity contribution < 1.29 is 13.5 Å². The van der Waals surface area contributed by atoms with Crippen molar-refractivity contribution in [1.29, 1.82) is 0 Å². The van der Waals surface area contributed by atoms with Crippen LogP contribution in [0.5, 0.6) is 0 Å². The molecule has 0 amide bonds. The van der Waals surface area contributed by atoms with E-state index in [-0.39, 0.29) is 11.5 Å². The first kappa shape index (κ1) is 18.1. The van der Waals surface area contributed by atoms with E-state index >= 15 is 0 Å². The van der Waals surface area contributed by atoms with Gasteiger partial charge in [0, 0.05) is 6.54 Å². The molecule has 1 aromatic heterocycles. The van der Waals surface area contributed by atoms with E-state index in [9.17, 15) is 8.42 Å². The van der Waals surface area contributed by atoms with E-state index in [0.717, 1.165) is 19.4 Å². The third-order valence-corrected chi connectivity index (χ3v) is 4.93. The Morgan fingerprint density at radius 3 is 2.52 bits per heavy atom. The van der Waals surface area contributed by atoms with Crippen molar-refractivity contribution >= 4 is 10.0 Å². The van der Waals surface area contributed by atoms with Gasteiger partial charge in [0.2, 0.25) is 10.0 Å². The Kier molecular flexibility index (Phi) is 6.79. The van der Waals surface area contributed by atoms with Crippen LogP contribution >= 0.6 is 0 Å². The predicted octanol–water partition coefficient (Wildman–Crippen LogP) is 0.112. The minimum Gasteiger partial charge on any atom is -0.394 e. The molecule has 0 aliphatic carbocycles. The first-order valence-corrected chi connectivity index (χ1v) is 8.57. The van der Waals surface area contributed by atoms with Crippen molar-refractivity contribution in [2.75, 3.05) is 33.8 Å². The Morgan fingerprint density at radius 1 is 1.29 bits per heavy atom. The zero-order chi connectivity index (χ0) is 16.0. The van der Waals surface area contributed by atoms with Crippen molar-refractivity contribution in [3.63, 3.8) is 0 Å². The molecule has 0 aromatic carbocycles. The fourth-order valence-electron chi connectivity index (χ4n) is 2.21. The van der Waals surface area contributed by atoms with Crippen LogP contribution < -0.4 is 4.72 Å². The standard InChI is InChI=1S/C13H26N4O3S/c1-11-13(12(2)17(15-11)9-10-18)21(19,20)14-7-5-6-8-16(3)4/h14,18H,5-10H2,1-4H3. The Bertz CT molecular complexity index is 552. The molecule has 0 unspecified atom stereocenters. The molecule has 0 aliphatic heterocycles. The van der Waals surface area contributed by atoms with Crippen LogP contribution in [0.1, 0.15) is 24.2 Å². The number of aliphatic hydroxyl groups excluding tert-OH is 1. The van der Waals surface area contributed by atoms with E-state index in [1.807, 2.05) is 14.1 Å². The number of nitrogens with zero attached hydrogens (tertiary/aromatic N) is 3. The zero-order valence-electron chi connectivity index (χ0n) is 13.3. The van der Waals surface area contributed by atoms with Gasteiger partial charge < -0.3 is 10.0 Å². The van der Waals surface area contributed by atoms with Crippen molar-refractivity contribution in [1.82, 2.24) is 19.4 Å². The molecule has 1 rings (SSSR count). The first-order chi connectivity index (χ1) is 9.79. The second-order valence-electron chi connectivity index (χ2n) is 5.35. The van der Waals surface area contributed by atoms with Crippen LogP contribution in [0.3, 0.4) is 0 Å². The van der Waals surface area contributed by atoms with E-state index in [4.69, 9.17) is 5.11 Å². The normalized spacial score (nSPS) is 12.3. The molecular weight excluding hydrogens is 292 g/mol. The first-order valence-electron chi connectivity index (χ1n) is 7.09. The lowest BCUT2D eigenvalue weighted by molar-refractivity contribution is 0.267. The van der Waals surface area contributed by atoms with Crippen LogP contribution in [0.4, 0.5) is 0 Å². The molecule has 2 N–H and O–H groups in total. The molecule has 0 aliphatic rings. The van der Waals surface area contributed by atoms with E-state index in [1.54, 1.807) is 13.8 Å². The topological polar surface area (TPSA) is 87.5 Å². The maximum Gasteiger partial charge on any atom is 0.244 e. The quantitative estimate of drug-likeness (QED) is 0.631. The van der Waals surface area contributed by atoms with Crippen molar-refractivity contribution in [3.05, 3.63) is 11.4 Å². The van der Waals surface area contributed by atoms with Gasteiger partial charge in [-0.2, -0.15) is 5.10 Å². The molecule has 0 fully saturated rings. The van der Waals surface area contributed by atoms with Crippen LogP contribution in [-0.2, 0) is 16.6 Å². The maximum atomic E-state index is 12.4. The number of rotatable bonds is 9. The van der Waals surface area contributed by atoms with Crippen LogP contribution in [0.25, 0.3) is 0 Å². The van der Waals surface area contributed by atoms with Gasteiger partial charge in [0.1, 0.15) is 4.90 Å². The van der Waals surface area contributed by atoms with Crippen LogP contribution in [0, 0.1) is 13.8 Å². The number of hydrogen-bond donors (Lipinski definition) is 2. The fraction of sp³-hybridized carbons (Fsp3) is 0.769. The smallest absolute Gasteiger partial charge is 0.244 e. The van der Waals surface area contributed by atoms with E-state index in [0.29, 0.717) is 24.5 Å². The van der Waals surface area contributed by atoms with Crippen molar-refractivity contribution in [2.24, 2.45) is 0 Å². The number of nitrogens with one attached hydrogen (secondary N) is 1. The van der Waals surface area contributed by atoms with Gasteiger partial charge in [-0.1, -0.05) is 0 Å². The second kappa shape index (κ2) is 7.88. The average Bonchev–Trinajstić information content (AvgIpc) is 2.64. The highest BCUT2D eigenvalue weighted by molar-refractivity contribution is 7.89. The molecule has 8 heteroatoms. The van der Waals surface area contributed by atoms with Crippen molar-refractivity contribution in [3.8, 4) is 0 Å². The third-order valence-electron chi connectivity index (χ3n) is 3.22. The molecule has 0 bridgehead atoms. The summed E-state index contributed by atoms with van der Waals surface area (Å²) >= 11 is 0. The van der Waals surface area contributed by atoms with Gasteiger partial charge in [0.25, 0.3) is 0 Å². The van der Waals surface area contributed by atoms with Crippen LogP contribution in [0.15, 0.2) is 4.90 Å². The molecule has 1 aromatic rings. The van der Waals surface area contributed by atoms with Gasteiger partial charge in [-0.25, -0.2) is 13.1 Å². The summed E-state index contributed by atoms with van der Waals surface area (Å²) in [5.74, 6) is 0. The molecule has 1 heterocycles. The summed E-state index contributed by atoms with van der Waals surface area (Å²) in [4.78, 5) is 2.30. The van der Waals surface area contributed by atoms with Crippen LogP contribution in [-0.4, -0.2) is 62.0 Å². The highest BCUT2D eigenvalue weighted by atomic mass is 32.2. The van der Waals surface area contributed by atoms with Crippen LogP contribution in [0.2, 0.25) is 0 Å². The van der Waals surface area contributed by atoms with Gasteiger partial charge >= 0.3 is 0 Å². The number of unbranched alkanes of at least 4 members (excludes halogenated alkanes) is 1. The summed E-state index contributed by atoms with van der Waals surface area (Å²) < 4.78 is 28.8. The fourth-order valence-corrected chi connectivity index (χ4v) is 3.69. The summed E-state index contributed by atoms with van der Waals surface area (Å²) in [6, 6.07) is 0. The number of aryl methyl sites for hydroxylation is 1. The number of aromatic nitrogens is 2. The summed E-state index contributed by atoms with van der Waals surface area (Å²) in [5, 5.41) is 13.1. The van der Waals surface area contributed by atoms with Gasteiger partial charge in [0.15, 0.2) is 0 Å². The van der Waals surface area contributed by atoms with E-state index in [1.165, 1.54) is 4.68 Å². The second-order valence-corrected chi connectivity index (χ2v) is 7.06. The molecule has 0 atom stereocenters. The molecule has 0 spiro atoms.